The Morgan fingerprint density at radius 3 is 2.40 bits per heavy atom. The fraction of sp³-hybridized carbons (Fsp3) is 0.417. The Labute approximate surface area is 210 Å². The zero-order chi connectivity index (χ0) is 25.6. The first kappa shape index (κ1) is 27.0. The van der Waals surface area contributed by atoms with Crippen molar-refractivity contribution in [3.8, 4) is 5.75 Å². The van der Waals surface area contributed by atoms with Crippen molar-refractivity contribution in [3.63, 3.8) is 0 Å². The smallest absolute Gasteiger partial charge is 0.416 e. The highest BCUT2D eigenvalue weighted by molar-refractivity contribution is 9.10. The van der Waals surface area contributed by atoms with E-state index < -0.39 is 24.1 Å². The summed E-state index contributed by atoms with van der Waals surface area (Å²) in [7, 11) is 1.55. The molecule has 0 fully saturated rings. The molecule has 0 spiro atoms. The van der Waals surface area contributed by atoms with Crippen molar-refractivity contribution >= 4 is 38.6 Å². The number of nitrogens with zero attached hydrogens (tertiary/aromatic N) is 2. The molecule has 0 amide bonds. The van der Waals surface area contributed by atoms with Crippen molar-refractivity contribution in [1.29, 1.82) is 0 Å². The van der Waals surface area contributed by atoms with Gasteiger partial charge in [0, 0.05) is 30.7 Å². The lowest BCUT2D eigenvalue weighted by Crippen LogP contribution is -2.27. The van der Waals surface area contributed by atoms with Gasteiger partial charge in [0.05, 0.1) is 29.2 Å². The van der Waals surface area contributed by atoms with E-state index in [2.05, 4.69) is 36.5 Å². The average molecular weight is 557 g/mol. The monoisotopic (exact) mass is 556 g/mol. The van der Waals surface area contributed by atoms with E-state index in [1.54, 1.807) is 26.2 Å². The highest BCUT2D eigenvalue weighted by Gasteiger charge is 2.30. The van der Waals surface area contributed by atoms with Crippen LogP contribution in [-0.4, -0.2) is 43.1 Å². The minimum absolute atomic E-state index is 0.309. The number of nitrogens with one attached hydrogen (secondary N) is 2. The van der Waals surface area contributed by atoms with Crippen LogP contribution in [-0.2, 0) is 15.7 Å². The van der Waals surface area contributed by atoms with Crippen molar-refractivity contribution in [2.45, 2.75) is 39.3 Å². The van der Waals surface area contributed by atoms with Gasteiger partial charge in [0.1, 0.15) is 11.6 Å². The maximum atomic E-state index is 13.2. The maximum Gasteiger partial charge on any atom is 0.416 e. The second-order valence-electron chi connectivity index (χ2n) is 7.61. The van der Waals surface area contributed by atoms with E-state index in [-0.39, 0.29) is 0 Å². The van der Waals surface area contributed by atoms with Crippen LogP contribution >= 0.6 is 15.9 Å². The SMILES string of the molecule is CCOC(CNc1nc(NC(C)c2cccc(C(F)(F)F)c2)c2cc(Br)c(OC)cc2n1)OCC. The lowest BCUT2D eigenvalue weighted by Gasteiger charge is -2.20. The lowest BCUT2D eigenvalue weighted by molar-refractivity contribution is -0.137. The Hall–Kier alpha value is -2.63. The van der Waals surface area contributed by atoms with Crippen LogP contribution in [0.1, 0.15) is 37.9 Å². The Kier molecular flexibility index (Phi) is 9.15. The number of anilines is 2. The summed E-state index contributed by atoms with van der Waals surface area (Å²) in [6.07, 6.45) is -4.91. The highest BCUT2D eigenvalue weighted by Crippen LogP contribution is 2.35. The molecule has 35 heavy (non-hydrogen) atoms. The Morgan fingerprint density at radius 2 is 1.77 bits per heavy atom. The number of methoxy groups -OCH3 is 1. The molecule has 0 radical (unpaired) electrons. The molecule has 3 rings (SSSR count). The molecular weight excluding hydrogens is 529 g/mol. The number of benzene rings is 2. The highest BCUT2D eigenvalue weighted by atomic mass is 79.9. The molecule has 1 heterocycles. The third-order valence-electron chi connectivity index (χ3n) is 5.17. The number of ether oxygens (including phenoxy) is 3. The van der Waals surface area contributed by atoms with Gasteiger partial charge in [-0.05, 0) is 60.5 Å². The Morgan fingerprint density at radius 1 is 1.06 bits per heavy atom. The molecule has 2 N–H and O–H groups in total. The Balaban J connectivity index is 1.96. The largest absolute Gasteiger partial charge is 0.495 e. The normalized spacial score (nSPS) is 12.7. The quantitative estimate of drug-likeness (QED) is 0.264. The number of hydrogen-bond acceptors (Lipinski definition) is 7. The number of halogens is 4. The number of hydrogen-bond donors (Lipinski definition) is 2. The number of alkyl halides is 3. The second kappa shape index (κ2) is 11.9. The van der Waals surface area contributed by atoms with E-state index in [4.69, 9.17) is 14.2 Å². The summed E-state index contributed by atoms with van der Waals surface area (Å²) in [5, 5.41) is 7.04. The summed E-state index contributed by atoms with van der Waals surface area (Å²) in [5.41, 5.74) is 0.357. The average Bonchev–Trinajstić information content (AvgIpc) is 2.82. The standard InChI is InChI=1S/C24H28BrF3N4O3/c1-5-34-21(35-6-2)13-29-23-31-19-12-20(33-4)18(25)11-17(19)22(32-23)30-14(3)15-8-7-9-16(10-15)24(26,27)28/h7-12,14,21H,5-6,13H2,1-4H3,(H2,29,30,31,32). The molecule has 7 nitrogen and oxygen atoms in total. The van der Waals surface area contributed by atoms with E-state index in [1.165, 1.54) is 6.07 Å². The van der Waals surface area contributed by atoms with Crippen molar-refractivity contribution in [3.05, 3.63) is 52.0 Å². The van der Waals surface area contributed by atoms with Crippen LogP contribution in [0.25, 0.3) is 10.9 Å². The maximum absolute atomic E-state index is 13.2. The molecule has 0 bridgehead atoms. The van der Waals surface area contributed by atoms with Gasteiger partial charge < -0.3 is 24.8 Å². The van der Waals surface area contributed by atoms with Gasteiger partial charge in [0.2, 0.25) is 5.95 Å². The number of aromatic nitrogens is 2. The minimum Gasteiger partial charge on any atom is -0.495 e. The van der Waals surface area contributed by atoms with E-state index >= 15 is 0 Å². The van der Waals surface area contributed by atoms with Gasteiger partial charge in [-0.2, -0.15) is 18.2 Å². The van der Waals surface area contributed by atoms with E-state index in [0.717, 1.165) is 12.1 Å². The summed E-state index contributed by atoms with van der Waals surface area (Å²) in [5.74, 6) is 1.35. The van der Waals surface area contributed by atoms with Crippen molar-refractivity contribution in [1.82, 2.24) is 9.97 Å². The van der Waals surface area contributed by atoms with Crippen LogP contribution in [0.2, 0.25) is 0 Å². The molecule has 1 atom stereocenters. The molecule has 1 aromatic heterocycles. The zero-order valence-corrected chi connectivity index (χ0v) is 21.5. The molecule has 0 aliphatic rings. The topological polar surface area (TPSA) is 77.5 Å². The number of rotatable bonds is 11. The van der Waals surface area contributed by atoms with Gasteiger partial charge in [-0.15, -0.1) is 0 Å². The van der Waals surface area contributed by atoms with E-state index in [0.29, 0.717) is 58.2 Å². The van der Waals surface area contributed by atoms with Crippen LogP contribution in [0.5, 0.6) is 5.75 Å². The summed E-state index contributed by atoms with van der Waals surface area (Å²) in [4.78, 5) is 9.18. The Bertz CT molecular complexity index is 1140. The van der Waals surface area contributed by atoms with Crippen molar-refractivity contribution in [2.24, 2.45) is 0 Å². The van der Waals surface area contributed by atoms with Crippen molar-refractivity contribution < 1.29 is 27.4 Å². The molecule has 0 aliphatic heterocycles. The fourth-order valence-electron chi connectivity index (χ4n) is 3.46. The van der Waals surface area contributed by atoms with Gasteiger partial charge in [0.15, 0.2) is 6.29 Å². The molecule has 2 aromatic carbocycles. The molecule has 11 heteroatoms. The van der Waals surface area contributed by atoms with Crippen LogP contribution < -0.4 is 15.4 Å². The fourth-order valence-corrected chi connectivity index (χ4v) is 3.97. The minimum atomic E-state index is -4.42. The molecule has 190 valence electrons. The molecule has 0 saturated heterocycles. The molecule has 1 unspecified atom stereocenters. The summed E-state index contributed by atoms with van der Waals surface area (Å²) < 4.78 is 56.8. The molecule has 3 aromatic rings. The first-order chi connectivity index (χ1) is 16.7. The van der Waals surface area contributed by atoms with Gasteiger partial charge in [0.25, 0.3) is 0 Å². The van der Waals surface area contributed by atoms with Crippen LogP contribution in [0.3, 0.4) is 0 Å². The summed E-state index contributed by atoms with van der Waals surface area (Å²) >= 11 is 3.48. The molecule has 0 aliphatic carbocycles. The predicted octanol–water partition coefficient (Wildman–Crippen LogP) is 6.40. The predicted molar refractivity (Wildman–Crippen MR) is 133 cm³/mol. The zero-order valence-electron chi connectivity index (χ0n) is 19.9. The van der Waals surface area contributed by atoms with Crippen LogP contribution in [0, 0.1) is 0 Å². The number of fused-ring (bicyclic) bond motifs is 1. The van der Waals surface area contributed by atoms with Gasteiger partial charge >= 0.3 is 6.18 Å². The van der Waals surface area contributed by atoms with Crippen LogP contribution in [0.15, 0.2) is 40.9 Å². The van der Waals surface area contributed by atoms with E-state index in [9.17, 15) is 13.2 Å². The first-order valence-electron chi connectivity index (χ1n) is 11.1. The van der Waals surface area contributed by atoms with Crippen LogP contribution in [0.4, 0.5) is 24.9 Å². The third kappa shape index (κ3) is 6.96. The van der Waals surface area contributed by atoms with E-state index in [1.807, 2.05) is 19.9 Å². The van der Waals surface area contributed by atoms with Gasteiger partial charge in [-0.3, -0.25) is 0 Å². The summed E-state index contributed by atoms with van der Waals surface area (Å²) in [6, 6.07) is 8.32. The van der Waals surface area contributed by atoms with Crippen molar-refractivity contribution in [2.75, 3.05) is 37.5 Å². The third-order valence-corrected chi connectivity index (χ3v) is 5.79. The van der Waals surface area contributed by atoms with Gasteiger partial charge in [-0.1, -0.05) is 12.1 Å². The van der Waals surface area contributed by atoms with Gasteiger partial charge in [-0.25, -0.2) is 4.98 Å². The molecular formula is C24H28BrF3N4O3. The first-order valence-corrected chi connectivity index (χ1v) is 11.9. The second-order valence-corrected chi connectivity index (χ2v) is 8.46. The lowest BCUT2D eigenvalue weighted by atomic mass is 10.0. The summed E-state index contributed by atoms with van der Waals surface area (Å²) in [6.45, 7) is 6.80. The molecule has 0 saturated carbocycles.